The lowest BCUT2D eigenvalue weighted by Gasteiger charge is -2.04. The van der Waals surface area contributed by atoms with Gasteiger partial charge in [-0.15, -0.1) is 15.0 Å². The summed E-state index contributed by atoms with van der Waals surface area (Å²) in [6.45, 7) is 0. The van der Waals surface area contributed by atoms with E-state index in [1.165, 1.54) is 12.3 Å². The van der Waals surface area contributed by atoms with Gasteiger partial charge in [-0.25, -0.2) is 4.98 Å². The Kier molecular flexibility index (Phi) is 3.03. The molecule has 3 rings (SSSR count). The molecular weight excluding hydrogens is 270 g/mol. The topological polar surface area (TPSA) is 126 Å². The van der Waals surface area contributed by atoms with Crippen molar-refractivity contribution in [1.29, 1.82) is 0 Å². The number of tetrazole rings is 1. The molecule has 21 heavy (non-hydrogen) atoms. The summed E-state index contributed by atoms with van der Waals surface area (Å²) in [4.78, 5) is 16.7. The van der Waals surface area contributed by atoms with E-state index in [-0.39, 0.29) is 11.4 Å². The van der Waals surface area contributed by atoms with Crippen molar-refractivity contribution in [2.45, 2.75) is 0 Å². The van der Waals surface area contributed by atoms with Gasteiger partial charge in [0.15, 0.2) is 5.82 Å². The van der Waals surface area contributed by atoms with Gasteiger partial charge in [-0.05, 0) is 11.3 Å². The van der Waals surface area contributed by atoms with Crippen LogP contribution in [-0.4, -0.2) is 31.1 Å². The molecule has 8 heteroatoms. The Morgan fingerprint density at radius 1 is 1.19 bits per heavy atom. The molecule has 0 aliphatic rings. The molecule has 0 spiro atoms. The summed E-state index contributed by atoms with van der Waals surface area (Å²) in [5.41, 5.74) is 12.2. The van der Waals surface area contributed by atoms with Crippen LogP contribution in [0, 0.1) is 0 Å². The van der Waals surface area contributed by atoms with Crippen molar-refractivity contribution in [3.05, 3.63) is 48.2 Å². The maximum Gasteiger partial charge on any atom is 0.252 e. The average Bonchev–Trinajstić information content (AvgIpc) is 2.97. The Morgan fingerprint density at radius 2 is 1.95 bits per heavy atom. The third kappa shape index (κ3) is 2.41. The van der Waals surface area contributed by atoms with Crippen LogP contribution in [0.5, 0.6) is 0 Å². The maximum atomic E-state index is 11.5. The third-order valence-corrected chi connectivity index (χ3v) is 2.79. The summed E-state index contributed by atoms with van der Waals surface area (Å²) in [7, 11) is 0. The minimum Gasteiger partial charge on any atom is -0.397 e. The predicted molar refractivity (Wildman–Crippen MR) is 75.3 cm³/mol. The van der Waals surface area contributed by atoms with Gasteiger partial charge in [0.05, 0.1) is 17.4 Å². The number of nitrogens with two attached hydrogens (primary N) is 2. The lowest BCUT2D eigenvalue weighted by Crippen LogP contribution is -2.17. The lowest BCUT2D eigenvalue weighted by atomic mass is 10.2. The van der Waals surface area contributed by atoms with Gasteiger partial charge < -0.3 is 11.5 Å². The molecule has 8 nitrogen and oxygen atoms in total. The number of aromatic nitrogens is 5. The number of nitrogens with zero attached hydrogens (tertiary/aromatic N) is 5. The minimum atomic E-state index is -0.664. The second kappa shape index (κ2) is 5.00. The van der Waals surface area contributed by atoms with Crippen LogP contribution in [0.15, 0.2) is 42.6 Å². The highest BCUT2D eigenvalue weighted by atomic mass is 16.1. The molecule has 0 fully saturated rings. The third-order valence-electron chi connectivity index (χ3n) is 2.79. The van der Waals surface area contributed by atoms with Gasteiger partial charge in [-0.1, -0.05) is 30.3 Å². The number of hydrogen-bond acceptors (Lipinski definition) is 6. The van der Waals surface area contributed by atoms with Crippen molar-refractivity contribution >= 4 is 11.6 Å². The monoisotopic (exact) mass is 281 g/mol. The first-order valence-electron chi connectivity index (χ1n) is 6.06. The molecule has 2 heterocycles. The van der Waals surface area contributed by atoms with Crippen molar-refractivity contribution < 1.29 is 4.79 Å². The van der Waals surface area contributed by atoms with Crippen LogP contribution in [0.3, 0.4) is 0 Å². The summed E-state index contributed by atoms with van der Waals surface area (Å²) in [6.07, 6.45) is 1.40. The van der Waals surface area contributed by atoms with Gasteiger partial charge in [0.2, 0.25) is 5.82 Å². The molecule has 1 amide bonds. The molecule has 0 saturated carbocycles. The lowest BCUT2D eigenvalue weighted by molar-refractivity contribution is 0.0999. The fourth-order valence-corrected chi connectivity index (χ4v) is 1.82. The smallest absolute Gasteiger partial charge is 0.252 e. The SMILES string of the molecule is NC(=O)c1cc(N)cnc1-n1nnc(-c2ccccc2)n1. The molecule has 0 radical (unpaired) electrons. The summed E-state index contributed by atoms with van der Waals surface area (Å²) >= 11 is 0. The van der Waals surface area contributed by atoms with E-state index in [2.05, 4.69) is 20.4 Å². The molecule has 0 aliphatic carbocycles. The molecule has 4 N–H and O–H groups in total. The maximum absolute atomic E-state index is 11.5. The number of anilines is 1. The van der Waals surface area contributed by atoms with Crippen LogP contribution >= 0.6 is 0 Å². The zero-order chi connectivity index (χ0) is 14.8. The number of amides is 1. The van der Waals surface area contributed by atoms with Crippen molar-refractivity contribution in [1.82, 2.24) is 25.2 Å². The number of carbonyl (C=O) groups excluding carboxylic acids is 1. The average molecular weight is 281 g/mol. The van der Waals surface area contributed by atoms with Crippen molar-refractivity contribution in [2.75, 3.05) is 5.73 Å². The highest BCUT2D eigenvalue weighted by molar-refractivity contribution is 5.96. The van der Waals surface area contributed by atoms with Crippen LogP contribution in [0.2, 0.25) is 0 Å². The Morgan fingerprint density at radius 3 is 2.67 bits per heavy atom. The quantitative estimate of drug-likeness (QED) is 0.716. The molecular formula is C13H11N7O. The van der Waals surface area contributed by atoms with E-state index in [1.807, 2.05) is 30.3 Å². The first-order chi connectivity index (χ1) is 10.1. The number of benzene rings is 1. The molecule has 104 valence electrons. The fraction of sp³-hybridized carbons (Fsp3) is 0. The number of carbonyl (C=O) groups is 1. The second-order valence-corrected chi connectivity index (χ2v) is 4.27. The molecule has 0 atom stereocenters. The molecule has 0 unspecified atom stereocenters. The van der Waals surface area contributed by atoms with Crippen molar-refractivity contribution in [2.24, 2.45) is 5.73 Å². The molecule has 0 aliphatic heterocycles. The van der Waals surface area contributed by atoms with Crippen LogP contribution in [0.25, 0.3) is 17.2 Å². The summed E-state index contributed by atoms with van der Waals surface area (Å²) in [5.74, 6) is -0.0561. The Balaban J connectivity index is 2.07. The van der Waals surface area contributed by atoms with Gasteiger partial charge in [0, 0.05) is 5.56 Å². The molecule has 3 aromatic rings. The van der Waals surface area contributed by atoms with E-state index in [9.17, 15) is 4.79 Å². The van der Waals surface area contributed by atoms with Gasteiger partial charge in [0.25, 0.3) is 5.91 Å². The van der Waals surface area contributed by atoms with Crippen LogP contribution in [0.1, 0.15) is 10.4 Å². The van der Waals surface area contributed by atoms with Gasteiger partial charge in [0.1, 0.15) is 0 Å². The molecule has 0 saturated heterocycles. The highest BCUT2D eigenvalue weighted by Crippen LogP contribution is 2.16. The van der Waals surface area contributed by atoms with E-state index >= 15 is 0 Å². The Bertz CT molecular complexity index is 797. The first-order valence-corrected chi connectivity index (χ1v) is 6.06. The van der Waals surface area contributed by atoms with Gasteiger partial charge in [-0.2, -0.15) is 0 Å². The van der Waals surface area contributed by atoms with Crippen LogP contribution in [-0.2, 0) is 0 Å². The summed E-state index contributed by atoms with van der Waals surface area (Å²) < 4.78 is 0. The van der Waals surface area contributed by atoms with Gasteiger partial charge >= 0.3 is 0 Å². The zero-order valence-corrected chi connectivity index (χ0v) is 10.8. The zero-order valence-electron chi connectivity index (χ0n) is 10.8. The summed E-state index contributed by atoms with van der Waals surface area (Å²) in [6, 6.07) is 10.8. The largest absolute Gasteiger partial charge is 0.397 e. The molecule has 2 aromatic heterocycles. The van der Waals surface area contributed by atoms with E-state index in [1.54, 1.807) is 0 Å². The number of rotatable bonds is 3. The van der Waals surface area contributed by atoms with Crippen molar-refractivity contribution in [3.63, 3.8) is 0 Å². The first kappa shape index (κ1) is 12.7. The summed E-state index contributed by atoms with van der Waals surface area (Å²) in [5, 5.41) is 12.1. The van der Waals surface area contributed by atoms with Crippen molar-refractivity contribution in [3.8, 4) is 17.2 Å². The normalized spacial score (nSPS) is 10.5. The predicted octanol–water partition coefficient (Wildman–Crippen LogP) is 0.405. The fourth-order valence-electron chi connectivity index (χ4n) is 1.82. The number of hydrogen-bond donors (Lipinski definition) is 2. The number of pyridine rings is 1. The Labute approximate surface area is 119 Å². The van der Waals surface area contributed by atoms with E-state index in [0.29, 0.717) is 11.5 Å². The number of nitrogen functional groups attached to an aromatic ring is 1. The van der Waals surface area contributed by atoms with E-state index in [4.69, 9.17) is 11.5 Å². The van der Waals surface area contributed by atoms with Crippen LogP contribution < -0.4 is 11.5 Å². The minimum absolute atomic E-state index is 0.131. The van der Waals surface area contributed by atoms with Gasteiger partial charge in [-0.3, -0.25) is 4.79 Å². The Hall–Kier alpha value is -3.29. The standard InChI is InChI=1S/C13H11N7O/c14-9-6-10(11(15)21)13(16-7-9)20-18-12(17-19-20)8-4-2-1-3-5-8/h1-7H,14H2,(H2,15,21). The van der Waals surface area contributed by atoms with E-state index in [0.717, 1.165) is 10.4 Å². The van der Waals surface area contributed by atoms with E-state index < -0.39 is 5.91 Å². The molecule has 1 aromatic carbocycles. The highest BCUT2D eigenvalue weighted by Gasteiger charge is 2.15. The second-order valence-electron chi connectivity index (χ2n) is 4.27. The number of primary amides is 1. The molecule has 0 bridgehead atoms. The van der Waals surface area contributed by atoms with Crippen LogP contribution in [0.4, 0.5) is 5.69 Å².